The minimum Gasteiger partial charge on any atom is -0.484 e. The molecule has 0 N–H and O–H groups in total. The third kappa shape index (κ3) is 4.38. The Hall–Kier alpha value is -6.04. The molecular weight excluding hydrogens is 692 g/mol. The van der Waals surface area contributed by atoms with E-state index in [0.29, 0.717) is 11.4 Å². The van der Waals surface area contributed by atoms with Crippen molar-refractivity contribution < 1.29 is 9.15 Å². The van der Waals surface area contributed by atoms with Crippen molar-refractivity contribution in [3.63, 3.8) is 0 Å². The van der Waals surface area contributed by atoms with Gasteiger partial charge >= 0.3 is 0 Å². The molecule has 0 fully saturated rings. The van der Waals surface area contributed by atoms with Crippen molar-refractivity contribution in [1.82, 2.24) is 9.97 Å². The van der Waals surface area contributed by atoms with E-state index in [2.05, 4.69) is 119 Å². The van der Waals surface area contributed by atoms with Crippen LogP contribution in [0.25, 0.3) is 82.6 Å². The summed E-state index contributed by atoms with van der Waals surface area (Å²) in [6.45, 7) is 0. The van der Waals surface area contributed by atoms with Crippen LogP contribution < -0.4 is 4.74 Å². The Bertz CT molecular complexity index is 2940. The van der Waals surface area contributed by atoms with Gasteiger partial charge in [0.2, 0.25) is 0 Å². The van der Waals surface area contributed by atoms with E-state index in [1.807, 2.05) is 48.5 Å². The highest BCUT2D eigenvalue weighted by molar-refractivity contribution is 9.10. The lowest BCUT2D eigenvalue weighted by molar-refractivity contribution is 0.278. The first-order chi connectivity index (χ1) is 25.2. The number of allylic oxidation sites excluding steroid dienone is 2. The van der Waals surface area contributed by atoms with E-state index in [-0.39, 0.29) is 12.0 Å². The summed E-state index contributed by atoms with van der Waals surface area (Å²) in [7, 11) is 0. The van der Waals surface area contributed by atoms with Crippen LogP contribution in [-0.2, 0) is 0 Å². The number of hydrogen-bond acceptors (Lipinski definition) is 4. The Labute approximate surface area is 301 Å². The summed E-state index contributed by atoms with van der Waals surface area (Å²) in [4.78, 5) is 10.1. The maximum absolute atomic E-state index is 6.91. The molecule has 7 aromatic carbocycles. The average molecular weight is 720 g/mol. The van der Waals surface area contributed by atoms with Crippen molar-refractivity contribution in [1.29, 1.82) is 0 Å². The summed E-state index contributed by atoms with van der Waals surface area (Å²) in [6.07, 6.45) is 6.51. The van der Waals surface area contributed by atoms with Gasteiger partial charge in [-0.25, -0.2) is 9.97 Å². The highest BCUT2D eigenvalue weighted by atomic mass is 79.9. The Balaban J connectivity index is 1.03. The molecule has 2 unspecified atom stereocenters. The number of ether oxygens (including phenoxy) is 1. The second-order valence-corrected chi connectivity index (χ2v) is 14.3. The fourth-order valence-electron chi connectivity index (χ4n) is 8.14. The molecule has 0 radical (unpaired) electrons. The van der Waals surface area contributed by atoms with Gasteiger partial charge in [-0.1, -0.05) is 137 Å². The van der Waals surface area contributed by atoms with Crippen molar-refractivity contribution in [2.75, 3.05) is 0 Å². The van der Waals surface area contributed by atoms with Crippen LogP contribution in [0.2, 0.25) is 0 Å². The lowest BCUT2D eigenvalue weighted by Crippen LogP contribution is -2.21. The first-order valence-electron chi connectivity index (χ1n) is 17.2. The van der Waals surface area contributed by atoms with Crippen LogP contribution >= 0.6 is 15.9 Å². The Morgan fingerprint density at radius 3 is 2.04 bits per heavy atom. The van der Waals surface area contributed by atoms with Crippen molar-refractivity contribution in [2.45, 2.75) is 12.0 Å². The average Bonchev–Trinajstić information content (AvgIpc) is 3.75. The number of aromatic nitrogens is 2. The van der Waals surface area contributed by atoms with Gasteiger partial charge in [0.15, 0.2) is 11.4 Å². The second-order valence-electron chi connectivity index (χ2n) is 13.4. The molecule has 4 nitrogen and oxygen atoms in total. The minimum absolute atomic E-state index is 0.104. The van der Waals surface area contributed by atoms with Crippen molar-refractivity contribution in [3.05, 3.63) is 167 Å². The third-order valence-electron chi connectivity index (χ3n) is 10.5. The van der Waals surface area contributed by atoms with E-state index in [1.54, 1.807) is 0 Å². The predicted octanol–water partition coefficient (Wildman–Crippen LogP) is 12.4. The van der Waals surface area contributed by atoms with Gasteiger partial charge in [0, 0.05) is 38.0 Å². The van der Waals surface area contributed by atoms with Gasteiger partial charge in [0.1, 0.15) is 28.6 Å². The van der Waals surface area contributed by atoms with Crippen LogP contribution in [0, 0.1) is 0 Å². The highest BCUT2D eigenvalue weighted by Crippen LogP contribution is 2.48. The fourth-order valence-corrected chi connectivity index (χ4v) is 8.48. The lowest BCUT2D eigenvalue weighted by atomic mass is 9.83. The fraction of sp³-hybridized carbons (Fsp3) is 0.0435. The highest BCUT2D eigenvalue weighted by Gasteiger charge is 2.37. The van der Waals surface area contributed by atoms with Gasteiger partial charge in [0.25, 0.3) is 0 Å². The molecule has 0 spiro atoms. The van der Waals surface area contributed by atoms with Gasteiger partial charge in [-0.05, 0) is 68.2 Å². The van der Waals surface area contributed by atoms with Gasteiger partial charge in [0.05, 0.1) is 0 Å². The number of rotatable bonds is 3. The number of halogens is 1. The zero-order valence-electron chi connectivity index (χ0n) is 27.2. The van der Waals surface area contributed by atoms with Crippen molar-refractivity contribution >= 4 is 75.9 Å². The zero-order valence-corrected chi connectivity index (χ0v) is 28.8. The molecule has 51 heavy (non-hydrogen) atoms. The summed E-state index contributed by atoms with van der Waals surface area (Å²) in [5.41, 5.74) is 8.36. The number of nitrogens with zero attached hydrogens (tertiary/aromatic N) is 2. The maximum atomic E-state index is 6.91. The van der Waals surface area contributed by atoms with Crippen LogP contribution in [0.5, 0.6) is 5.75 Å². The molecule has 0 amide bonds. The van der Waals surface area contributed by atoms with Crippen LogP contribution in [-0.4, -0.2) is 16.1 Å². The summed E-state index contributed by atoms with van der Waals surface area (Å²) in [5.74, 6) is 1.62. The number of benzene rings is 7. The van der Waals surface area contributed by atoms with Gasteiger partial charge in [-0.15, -0.1) is 0 Å². The SMILES string of the molecule is Brc1ccc2c(c1)oc1c(-c3ccc4c(c3)OC3C(c5ccc6c7ccccc7c7ccccc7c6c5)=CC=CC43)nc(-c3ccccc3)nc12. The maximum Gasteiger partial charge on any atom is 0.180 e. The molecule has 9 aromatic rings. The van der Waals surface area contributed by atoms with Gasteiger partial charge in [-0.3, -0.25) is 0 Å². The molecule has 1 aliphatic carbocycles. The molecule has 5 heteroatoms. The molecule has 0 saturated carbocycles. The minimum atomic E-state index is -0.140. The van der Waals surface area contributed by atoms with E-state index in [0.717, 1.165) is 43.5 Å². The van der Waals surface area contributed by atoms with Gasteiger partial charge in [-0.2, -0.15) is 0 Å². The Morgan fingerprint density at radius 1 is 0.569 bits per heavy atom. The molecule has 2 aliphatic rings. The van der Waals surface area contributed by atoms with E-state index >= 15 is 0 Å². The molecule has 240 valence electrons. The van der Waals surface area contributed by atoms with E-state index < -0.39 is 0 Å². The molecule has 0 saturated heterocycles. The number of hydrogen-bond donors (Lipinski definition) is 0. The normalized spacial score (nSPS) is 16.5. The molecular formula is C46H27BrN2O2. The monoisotopic (exact) mass is 718 g/mol. The molecule has 1 aliphatic heterocycles. The lowest BCUT2D eigenvalue weighted by Gasteiger charge is -2.23. The molecule has 2 aromatic heterocycles. The quantitative estimate of drug-likeness (QED) is 0.171. The van der Waals surface area contributed by atoms with Crippen molar-refractivity contribution in [2.24, 2.45) is 0 Å². The molecule has 3 heterocycles. The van der Waals surface area contributed by atoms with E-state index in [1.165, 1.54) is 49.0 Å². The zero-order chi connectivity index (χ0) is 33.6. The summed E-state index contributed by atoms with van der Waals surface area (Å²) >= 11 is 3.60. The second kappa shape index (κ2) is 11.0. The van der Waals surface area contributed by atoms with Crippen molar-refractivity contribution in [3.8, 4) is 28.4 Å². The number of furan rings is 1. The summed E-state index contributed by atoms with van der Waals surface area (Å²) < 4.78 is 14.3. The van der Waals surface area contributed by atoms with Crippen LogP contribution in [0.15, 0.2) is 161 Å². The Morgan fingerprint density at radius 2 is 1.25 bits per heavy atom. The molecule has 0 bridgehead atoms. The molecule has 2 atom stereocenters. The number of fused-ring (bicyclic) bond motifs is 12. The summed E-state index contributed by atoms with van der Waals surface area (Å²) in [5, 5.41) is 8.57. The summed E-state index contributed by atoms with van der Waals surface area (Å²) in [6, 6.07) is 47.0. The predicted molar refractivity (Wildman–Crippen MR) is 211 cm³/mol. The largest absolute Gasteiger partial charge is 0.484 e. The smallest absolute Gasteiger partial charge is 0.180 e. The van der Waals surface area contributed by atoms with E-state index in [9.17, 15) is 0 Å². The van der Waals surface area contributed by atoms with E-state index in [4.69, 9.17) is 19.1 Å². The first-order valence-corrected chi connectivity index (χ1v) is 18.0. The van der Waals surface area contributed by atoms with Crippen LogP contribution in [0.3, 0.4) is 0 Å². The Kier molecular flexibility index (Phi) is 6.19. The third-order valence-corrected chi connectivity index (χ3v) is 11.0. The van der Waals surface area contributed by atoms with Gasteiger partial charge < -0.3 is 9.15 Å². The topological polar surface area (TPSA) is 48.2 Å². The van der Waals surface area contributed by atoms with Crippen LogP contribution in [0.1, 0.15) is 17.0 Å². The first kappa shape index (κ1) is 28.8. The molecule has 11 rings (SSSR count). The van der Waals surface area contributed by atoms with Crippen LogP contribution in [0.4, 0.5) is 0 Å². The standard InChI is InChI=1S/C46H27BrN2O2/c47-29-19-22-38-41(25-29)51-45-42(48-46(49-43(38)45)26-9-2-1-3-10-26)28-18-21-36-37-16-8-15-30(44(37)50-40(36)24-28)27-17-20-35-33-13-5-4-11-31(33)32-12-6-7-14-34(32)39(35)23-27/h1-25,37,44H.